The van der Waals surface area contributed by atoms with Crippen molar-refractivity contribution in [2.75, 3.05) is 27.9 Å². The molecular formula is C49H81NO13. The number of aliphatic hydroxyl groups excluding tert-OH is 2. The van der Waals surface area contributed by atoms with Crippen molar-refractivity contribution in [3.63, 3.8) is 0 Å². The Hall–Kier alpha value is -2.59. The Bertz CT molecular complexity index is 1540. The quantitative estimate of drug-likeness (QED) is 0.155. The summed E-state index contributed by atoms with van der Waals surface area (Å²) in [4.78, 5) is 71.5. The zero-order valence-corrected chi connectivity index (χ0v) is 39.6. The van der Waals surface area contributed by atoms with Gasteiger partial charge in [0, 0.05) is 52.0 Å². The molecule has 3 aliphatic heterocycles. The molecular weight excluding hydrogens is 811 g/mol. The minimum Gasteiger partial charge on any atom is -0.460 e. The summed E-state index contributed by atoms with van der Waals surface area (Å²) in [6.07, 6.45) is 9.23. The Morgan fingerprint density at radius 2 is 1.48 bits per heavy atom. The molecule has 0 radical (unpaired) electrons. The summed E-state index contributed by atoms with van der Waals surface area (Å²) in [6.45, 7) is 8.96. The van der Waals surface area contributed by atoms with Crippen LogP contribution in [0, 0.1) is 29.6 Å². The molecule has 2 saturated heterocycles. The van der Waals surface area contributed by atoms with Crippen LogP contribution in [0.15, 0.2) is 11.6 Å². The predicted molar refractivity (Wildman–Crippen MR) is 236 cm³/mol. The second-order valence-electron chi connectivity index (χ2n) is 19.5. The molecule has 3 N–H and O–H groups in total. The zero-order valence-electron chi connectivity index (χ0n) is 39.6. The van der Waals surface area contributed by atoms with Crippen molar-refractivity contribution in [1.29, 1.82) is 0 Å². The van der Waals surface area contributed by atoms with E-state index in [4.69, 9.17) is 23.7 Å². The first-order valence-corrected chi connectivity index (χ1v) is 24.1. The second-order valence-corrected chi connectivity index (χ2v) is 19.5. The fraction of sp³-hybridized carbons (Fsp3) is 0.857. The van der Waals surface area contributed by atoms with E-state index < -0.39 is 71.8 Å². The van der Waals surface area contributed by atoms with Crippen LogP contribution in [0.1, 0.15) is 157 Å². The molecule has 1 amide bonds. The van der Waals surface area contributed by atoms with E-state index in [2.05, 4.69) is 0 Å². The number of carbonyl (C=O) groups is 5. The van der Waals surface area contributed by atoms with Crippen molar-refractivity contribution in [3.8, 4) is 0 Å². The van der Waals surface area contributed by atoms with Gasteiger partial charge in [0.15, 0.2) is 5.78 Å². The topological polar surface area (TPSA) is 195 Å². The SMILES string of the molecule is CO[C@@H]1CCCCCCCC[C@@H](C)C(=O)[C@H](OC)[C@H](O)/C(C)=C\[C@@H](C)C(=O)C[C@@H]([C@H](C)C[C@H]2CC[C@@H](O)[C@H](OC)C2)OC(=O)[C@@H]2CCCCN2C(=O)C(=O)[C@]2(O)O[C@@H](CC[C@H]2C)C1. The molecule has 1 saturated carbocycles. The van der Waals surface area contributed by atoms with Gasteiger partial charge in [-0.3, -0.25) is 19.2 Å². The number of esters is 1. The van der Waals surface area contributed by atoms with Gasteiger partial charge >= 0.3 is 5.97 Å². The van der Waals surface area contributed by atoms with Crippen LogP contribution in [0.5, 0.6) is 0 Å². The van der Waals surface area contributed by atoms with Crippen LogP contribution in [-0.4, -0.2) is 132 Å². The molecule has 4 aliphatic rings. The maximum absolute atomic E-state index is 14.3. The highest BCUT2D eigenvalue weighted by molar-refractivity contribution is 6.39. The van der Waals surface area contributed by atoms with Gasteiger partial charge in [-0.05, 0) is 101 Å². The number of hydrogen-bond acceptors (Lipinski definition) is 13. The van der Waals surface area contributed by atoms with Gasteiger partial charge in [0.05, 0.1) is 24.4 Å². The molecule has 0 spiro atoms. The smallest absolute Gasteiger partial charge is 0.329 e. The molecule has 14 heteroatoms. The van der Waals surface area contributed by atoms with Gasteiger partial charge in [0.1, 0.15) is 30.1 Å². The van der Waals surface area contributed by atoms with Gasteiger partial charge in [-0.1, -0.05) is 72.3 Å². The number of Topliss-reactive ketones (excluding diaryl/α,β-unsaturated/α-hetero) is 3. The van der Waals surface area contributed by atoms with Crippen molar-refractivity contribution >= 4 is 29.2 Å². The molecule has 14 nitrogen and oxygen atoms in total. The molecule has 0 aromatic heterocycles. The van der Waals surface area contributed by atoms with Gasteiger partial charge in [0.25, 0.3) is 11.7 Å². The molecule has 0 aromatic rings. The van der Waals surface area contributed by atoms with Gasteiger partial charge in [0.2, 0.25) is 5.79 Å². The first-order chi connectivity index (χ1) is 29.9. The molecule has 3 heterocycles. The van der Waals surface area contributed by atoms with Crippen LogP contribution in [0.3, 0.4) is 0 Å². The number of hydrogen-bond donors (Lipinski definition) is 3. The van der Waals surface area contributed by atoms with Crippen molar-refractivity contribution in [1.82, 2.24) is 4.90 Å². The standard InChI is InChI=1S/C49H81NO13/c1-30-17-13-11-9-10-12-14-18-36(59-6)28-37-22-20-34(5)49(58,63-37)46(55)47(56)50-24-16-15-19-38(50)48(57)62-41(32(3)26-35-21-23-39(51)42(27-35)60-7)29-40(52)31(2)25-33(4)44(54)45(61-8)43(30)53/h25,30-32,34-39,41-42,44-45,51,54,58H,9-24,26-29H2,1-8H3/b33-25-/t30-,31-,32-,34-,35-,36-,37+,38+,39-,41+,42-,44-,45+,49-/m1/s1. The fourth-order valence-electron chi connectivity index (χ4n) is 10.3. The maximum atomic E-state index is 14.3. The molecule has 4 rings (SSSR count). The molecule has 3 fully saturated rings. The minimum absolute atomic E-state index is 0.110. The summed E-state index contributed by atoms with van der Waals surface area (Å²) in [6, 6.07) is -1.12. The summed E-state index contributed by atoms with van der Waals surface area (Å²) < 4.78 is 29.3. The first-order valence-electron chi connectivity index (χ1n) is 24.1. The fourth-order valence-corrected chi connectivity index (χ4v) is 10.3. The lowest BCUT2D eigenvalue weighted by molar-refractivity contribution is -0.266. The third-order valence-electron chi connectivity index (χ3n) is 14.7. The van der Waals surface area contributed by atoms with Gasteiger partial charge in [-0.2, -0.15) is 0 Å². The van der Waals surface area contributed by atoms with E-state index in [1.165, 1.54) is 12.0 Å². The lowest BCUT2D eigenvalue weighted by Gasteiger charge is -2.42. The number of ketones is 3. The normalized spacial score (nSPS) is 38.9. The summed E-state index contributed by atoms with van der Waals surface area (Å²) in [5, 5.41) is 33.7. The first kappa shape index (κ1) is 53.0. The molecule has 2 bridgehead atoms. The third kappa shape index (κ3) is 14.4. The van der Waals surface area contributed by atoms with E-state index in [9.17, 15) is 39.3 Å². The Kier molecular flexibility index (Phi) is 21.3. The average Bonchev–Trinajstić information content (AvgIpc) is 3.27. The Morgan fingerprint density at radius 1 is 0.810 bits per heavy atom. The van der Waals surface area contributed by atoms with Gasteiger partial charge in [-0.25, -0.2) is 4.79 Å². The zero-order chi connectivity index (χ0) is 46.4. The minimum atomic E-state index is -2.37. The van der Waals surface area contributed by atoms with Crippen molar-refractivity contribution in [2.45, 2.75) is 211 Å². The summed E-state index contributed by atoms with van der Waals surface area (Å²) >= 11 is 0. The maximum Gasteiger partial charge on any atom is 0.329 e. The number of carbonyl (C=O) groups excluding carboxylic acids is 5. The van der Waals surface area contributed by atoms with E-state index in [1.54, 1.807) is 41.1 Å². The molecule has 14 atom stereocenters. The Morgan fingerprint density at radius 3 is 2.14 bits per heavy atom. The van der Waals surface area contributed by atoms with Crippen LogP contribution in [0.2, 0.25) is 0 Å². The van der Waals surface area contributed by atoms with Crippen molar-refractivity contribution < 1.29 is 63.0 Å². The number of allylic oxidation sites excluding steroid dienone is 1. The lowest BCUT2D eigenvalue weighted by Crippen LogP contribution is -2.61. The number of fused-ring (bicyclic) bond motifs is 3. The molecule has 360 valence electrons. The molecule has 0 aromatic carbocycles. The highest BCUT2D eigenvalue weighted by Crippen LogP contribution is 2.37. The van der Waals surface area contributed by atoms with E-state index in [1.807, 2.05) is 13.8 Å². The largest absolute Gasteiger partial charge is 0.460 e. The Balaban J connectivity index is 1.63. The summed E-state index contributed by atoms with van der Waals surface area (Å²) in [7, 11) is 4.62. The van der Waals surface area contributed by atoms with Gasteiger partial charge < -0.3 is 43.9 Å². The third-order valence-corrected chi connectivity index (χ3v) is 14.7. The van der Waals surface area contributed by atoms with E-state index in [0.29, 0.717) is 63.4 Å². The van der Waals surface area contributed by atoms with E-state index in [0.717, 1.165) is 51.4 Å². The number of aliphatic hydroxyl groups is 3. The van der Waals surface area contributed by atoms with Crippen LogP contribution in [-0.2, 0) is 47.7 Å². The number of amides is 1. The highest BCUT2D eigenvalue weighted by Gasteiger charge is 2.53. The van der Waals surface area contributed by atoms with E-state index in [-0.39, 0.29) is 60.9 Å². The number of rotatable bonds is 6. The number of ether oxygens (including phenoxy) is 5. The van der Waals surface area contributed by atoms with Crippen LogP contribution >= 0.6 is 0 Å². The lowest BCUT2D eigenvalue weighted by atomic mass is 9.78. The second kappa shape index (κ2) is 25.4. The average molecular weight is 892 g/mol. The van der Waals surface area contributed by atoms with Crippen molar-refractivity contribution in [2.24, 2.45) is 29.6 Å². The number of methoxy groups -OCH3 is 3. The Labute approximate surface area is 376 Å². The van der Waals surface area contributed by atoms with Gasteiger partial charge in [-0.15, -0.1) is 0 Å². The van der Waals surface area contributed by atoms with Crippen molar-refractivity contribution in [3.05, 3.63) is 11.6 Å². The van der Waals surface area contributed by atoms with Crippen LogP contribution in [0.4, 0.5) is 0 Å². The molecule has 63 heavy (non-hydrogen) atoms. The number of piperidine rings is 1. The van der Waals surface area contributed by atoms with Crippen LogP contribution in [0.25, 0.3) is 0 Å². The number of nitrogens with zero attached hydrogens (tertiary/aromatic N) is 1. The predicted octanol–water partition coefficient (Wildman–Crippen LogP) is 6.22. The number of cyclic esters (lactones) is 1. The summed E-state index contributed by atoms with van der Waals surface area (Å²) in [5.74, 6) is -7.54. The molecule has 0 unspecified atom stereocenters. The molecule has 1 aliphatic carbocycles. The summed E-state index contributed by atoms with van der Waals surface area (Å²) in [5.41, 5.74) is 0.418. The monoisotopic (exact) mass is 892 g/mol. The van der Waals surface area contributed by atoms with Crippen LogP contribution < -0.4 is 0 Å². The highest BCUT2D eigenvalue weighted by atomic mass is 16.6. The van der Waals surface area contributed by atoms with E-state index >= 15 is 0 Å².